The molecular formula is C9H13F3N2O. The maximum atomic E-state index is 11.7. The predicted molar refractivity (Wildman–Crippen MR) is 49.7 cm³/mol. The van der Waals surface area contributed by atoms with Crippen LogP contribution < -0.4 is 4.74 Å². The van der Waals surface area contributed by atoms with Gasteiger partial charge in [0.25, 0.3) is 0 Å². The van der Waals surface area contributed by atoms with Crippen molar-refractivity contribution in [2.24, 2.45) is 0 Å². The molecule has 0 unspecified atom stereocenters. The van der Waals surface area contributed by atoms with E-state index in [-0.39, 0.29) is 5.88 Å². The summed E-state index contributed by atoms with van der Waals surface area (Å²) in [6.07, 6.45) is -1.81. The van der Waals surface area contributed by atoms with E-state index in [1.54, 1.807) is 6.92 Å². The average molecular weight is 222 g/mol. The first-order valence-electron chi connectivity index (χ1n) is 4.45. The molecule has 0 radical (unpaired) electrons. The van der Waals surface area contributed by atoms with E-state index in [0.29, 0.717) is 5.56 Å². The summed E-state index contributed by atoms with van der Waals surface area (Å²) in [5, 5.41) is 0. The van der Waals surface area contributed by atoms with Crippen LogP contribution in [-0.4, -0.2) is 22.8 Å². The van der Waals surface area contributed by atoms with Crippen LogP contribution in [0.5, 0.6) is 5.88 Å². The van der Waals surface area contributed by atoms with Crippen molar-refractivity contribution in [2.75, 3.05) is 6.61 Å². The Labute approximate surface area is 86.3 Å². The van der Waals surface area contributed by atoms with Crippen LogP contribution in [0.25, 0.3) is 0 Å². The van der Waals surface area contributed by atoms with Crippen molar-refractivity contribution in [1.82, 2.24) is 9.97 Å². The van der Waals surface area contributed by atoms with Crippen LogP contribution in [0.15, 0.2) is 12.5 Å². The van der Waals surface area contributed by atoms with Gasteiger partial charge in [-0.05, 0) is 6.92 Å². The van der Waals surface area contributed by atoms with E-state index >= 15 is 0 Å². The minimum absolute atomic E-state index is 0.0349. The number of hydrogen-bond donors (Lipinski definition) is 0. The average Bonchev–Trinajstić information content (AvgIpc) is 2.18. The molecule has 0 amide bonds. The third kappa shape index (κ3) is 5.87. The molecule has 1 rings (SSSR count). The maximum absolute atomic E-state index is 11.7. The minimum Gasteiger partial charge on any atom is -0.468 e. The third-order valence-electron chi connectivity index (χ3n) is 1.22. The van der Waals surface area contributed by atoms with E-state index < -0.39 is 12.8 Å². The Morgan fingerprint density at radius 3 is 2.40 bits per heavy atom. The van der Waals surface area contributed by atoms with Crippen LogP contribution in [0.4, 0.5) is 13.2 Å². The van der Waals surface area contributed by atoms with Gasteiger partial charge in [0.1, 0.15) is 6.33 Å². The van der Waals surface area contributed by atoms with Crippen LogP contribution in [0.2, 0.25) is 0 Å². The second kappa shape index (κ2) is 6.21. The van der Waals surface area contributed by atoms with Crippen molar-refractivity contribution in [1.29, 1.82) is 0 Å². The molecule has 1 heterocycles. The van der Waals surface area contributed by atoms with Crippen LogP contribution in [0, 0.1) is 6.92 Å². The molecule has 0 aromatic carbocycles. The zero-order valence-corrected chi connectivity index (χ0v) is 8.80. The van der Waals surface area contributed by atoms with Crippen molar-refractivity contribution in [3.8, 4) is 5.88 Å². The molecular weight excluding hydrogens is 209 g/mol. The van der Waals surface area contributed by atoms with Crippen LogP contribution in [0.3, 0.4) is 0 Å². The lowest BCUT2D eigenvalue weighted by Gasteiger charge is -2.08. The Hall–Kier alpha value is -1.33. The summed E-state index contributed by atoms with van der Waals surface area (Å²) in [5.41, 5.74) is 0.478. The van der Waals surface area contributed by atoms with Gasteiger partial charge in [0, 0.05) is 11.8 Å². The number of halogens is 3. The van der Waals surface area contributed by atoms with Gasteiger partial charge >= 0.3 is 6.18 Å². The summed E-state index contributed by atoms with van der Waals surface area (Å²) < 4.78 is 39.5. The third-order valence-corrected chi connectivity index (χ3v) is 1.22. The zero-order valence-electron chi connectivity index (χ0n) is 8.80. The highest BCUT2D eigenvalue weighted by molar-refractivity contribution is 5.19. The Kier molecular flexibility index (Phi) is 5.66. The summed E-state index contributed by atoms with van der Waals surface area (Å²) in [5.74, 6) is -0.0349. The van der Waals surface area contributed by atoms with Crippen LogP contribution >= 0.6 is 0 Å². The van der Waals surface area contributed by atoms with Gasteiger partial charge in [-0.1, -0.05) is 13.8 Å². The molecule has 0 atom stereocenters. The topological polar surface area (TPSA) is 35.0 Å². The maximum Gasteiger partial charge on any atom is 0.422 e. The molecule has 0 fully saturated rings. The van der Waals surface area contributed by atoms with Gasteiger partial charge in [-0.2, -0.15) is 13.2 Å². The SMILES string of the molecule is CC.Cc1cncnc1OCC(F)(F)F. The lowest BCUT2D eigenvalue weighted by atomic mass is 10.4. The fourth-order valence-electron chi connectivity index (χ4n) is 0.689. The number of aromatic nitrogens is 2. The highest BCUT2D eigenvalue weighted by atomic mass is 19.4. The Morgan fingerprint density at radius 2 is 1.93 bits per heavy atom. The standard InChI is InChI=1S/C7H7F3N2O.C2H6/c1-5-2-11-4-12-6(5)13-3-7(8,9)10;1-2/h2,4H,3H2,1H3;1-2H3. The smallest absolute Gasteiger partial charge is 0.422 e. The Bertz CT molecular complexity index is 289. The van der Waals surface area contributed by atoms with Gasteiger partial charge in [-0.25, -0.2) is 9.97 Å². The molecule has 6 heteroatoms. The predicted octanol–water partition coefficient (Wildman–Crippen LogP) is 2.75. The summed E-state index contributed by atoms with van der Waals surface area (Å²) in [6, 6.07) is 0. The number of nitrogens with zero attached hydrogens (tertiary/aromatic N) is 2. The Morgan fingerprint density at radius 1 is 1.33 bits per heavy atom. The highest BCUT2D eigenvalue weighted by Gasteiger charge is 2.28. The second-order valence-corrected chi connectivity index (χ2v) is 2.41. The first-order chi connectivity index (χ1) is 6.99. The summed E-state index contributed by atoms with van der Waals surface area (Å²) in [7, 11) is 0. The van der Waals surface area contributed by atoms with E-state index in [0.717, 1.165) is 6.33 Å². The minimum atomic E-state index is -4.34. The van der Waals surface area contributed by atoms with Crippen LogP contribution in [0.1, 0.15) is 19.4 Å². The lowest BCUT2D eigenvalue weighted by molar-refractivity contribution is -0.154. The fourth-order valence-corrected chi connectivity index (χ4v) is 0.689. The van der Waals surface area contributed by atoms with E-state index in [9.17, 15) is 13.2 Å². The van der Waals surface area contributed by atoms with Gasteiger partial charge in [0.05, 0.1) is 0 Å². The number of aryl methyl sites for hydroxylation is 1. The zero-order chi connectivity index (χ0) is 11.9. The molecule has 86 valence electrons. The molecule has 0 aliphatic carbocycles. The molecule has 1 aromatic heterocycles. The van der Waals surface area contributed by atoms with Crippen molar-refractivity contribution in [3.05, 3.63) is 18.1 Å². The van der Waals surface area contributed by atoms with E-state index in [1.807, 2.05) is 13.8 Å². The van der Waals surface area contributed by atoms with Crippen molar-refractivity contribution >= 4 is 0 Å². The van der Waals surface area contributed by atoms with E-state index in [1.165, 1.54) is 6.20 Å². The first-order valence-corrected chi connectivity index (χ1v) is 4.45. The van der Waals surface area contributed by atoms with E-state index in [2.05, 4.69) is 14.7 Å². The van der Waals surface area contributed by atoms with Crippen molar-refractivity contribution in [3.63, 3.8) is 0 Å². The van der Waals surface area contributed by atoms with Gasteiger partial charge in [-0.3, -0.25) is 0 Å². The van der Waals surface area contributed by atoms with Gasteiger partial charge in [0.15, 0.2) is 6.61 Å². The van der Waals surface area contributed by atoms with E-state index in [4.69, 9.17) is 0 Å². The molecule has 3 nitrogen and oxygen atoms in total. The fraction of sp³-hybridized carbons (Fsp3) is 0.556. The number of ether oxygens (including phenoxy) is 1. The number of alkyl halides is 3. The first kappa shape index (κ1) is 13.7. The largest absolute Gasteiger partial charge is 0.468 e. The number of rotatable bonds is 2. The molecule has 0 saturated carbocycles. The van der Waals surface area contributed by atoms with Gasteiger partial charge in [0.2, 0.25) is 5.88 Å². The van der Waals surface area contributed by atoms with Gasteiger partial charge < -0.3 is 4.74 Å². The molecule has 0 aliphatic rings. The summed E-state index contributed by atoms with van der Waals surface area (Å²) in [4.78, 5) is 7.16. The quantitative estimate of drug-likeness (QED) is 0.771. The normalized spacial score (nSPS) is 10.3. The van der Waals surface area contributed by atoms with Crippen molar-refractivity contribution < 1.29 is 17.9 Å². The monoisotopic (exact) mass is 222 g/mol. The summed E-state index contributed by atoms with van der Waals surface area (Å²) >= 11 is 0. The molecule has 0 N–H and O–H groups in total. The molecule has 1 aromatic rings. The second-order valence-electron chi connectivity index (χ2n) is 2.41. The van der Waals surface area contributed by atoms with Crippen LogP contribution in [-0.2, 0) is 0 Å². The molecule has 0 bridgehead atoms. The highest BCUT2D eigenvalue weighted by Crippen LogP contribution is 2.18. The van der Waals surface area contributed by atoms with Crippen molar-refractivity contribution in [2.45, 2.75) is 26.9 Å². The molecule has 15 heavy (non-hydrogen) atoms. The Balaban J connectivity index is 0.000000921. The number of hydrogen-bond acceptors (Lipinski definition) is 3. The summed E-state index contributed by atoms with van der Waals surface area (Å²) in [6.45, 7) is 4.25. The lowest BCUT2D eigenvalue weighted by Crippen LogP contribution is -2.20. The molecule has 0 saturated heterocycles. The molecule has 0 aliphatic heterocycles. The van der Waals surface area contributed by atoms with Gasteiger partial charge in [-0.15, -0.1) is 0 Å². The molecule has 0 spiro atoms.